The van der Waals surface area contributed by atoms with Gasteiger partial charge in [-0.25, -0.2) is 0 Å². The molecule has 2 nitrogen and oxygen atoms in total. The summed E-state index contributed by atoms with van der Waals surface area (Å²) < 4.78 is 0. The van der Waals surface area contributed by atoms with Crippen LogP contribution < -0.4 is 5.32 Å². The Morgan fingerprint density at radius 2 is 2.00 bits per heavy atom. The van der Waals surface area contributed by atoms with Crippen molar-refractivity contribution < 1.29 is 4.79 Å². The highest BCUT2D eigenvalue weighted by molar-refractivity contribution is 9.09. The molecule has 70 valence electrons. The summed E-state index contributed by atoms with van der Waals surface area (Å²) in [7, 11) is 0. The van der Waals surface area contributed by atoms with Gasteiger partial charge in [0.15, 0.2) is 0 Å². The molecule has 1 aliphatic carbocycles. The lowest BCUT2D eigenvalue weighted by atomic mass is 10.1. The highest BCUT2D eigenvalue weighted by atomic mass is 79.9. The Morgan fingerprint density at radius 1 is 1.50 bits per heavy atom. The van der Waals surface area contributed by atoms with Crippen molar-refractivity contribution in [2.24, 2.45) is 5.92 Å². The molecule has 1 rings (SSSR count). The lowest BCUT2D eigenvalue weighted by Gasteiger charge is -2.26. The number of alkyl halides is 2. The maximum absolute atomic E-state index is 11.4. The van der Waals surface area contributed by atoms with Gasteiger partial charge in [0.25, 0.3) is 0 Å². The van der Waals surface area contributed by atoms with Gasteiger partial charge in [0, 0.05) is 16.6 Å². The Balaban J connectivity index is 2.40. The molecule has 12 heavy (non-hydrogen) atoms. The highest BCUT2D eigenvalue weighted by Crippen LogP contribution is 2.29. The molecule has 0 aliphatic heterocycles. The number of nitrogens with one attached hydrogen (secondary N) is 1. The van der Waals surface area contributed by atoms with Crippen LogP contribution in [0.25, 0.3) is 0 Å². The molecule has 0 unspecified atom stereocenters. The average molecular weight is 299 g/mol. The van der Waals surface area contributed by atoms with Gasteiger partial charge in [-0.2, -0.15) is 0 Å². The quantitative estimate of drug-likeness (QED) is 0.791. The van der Waals surface area contributed by atoms with E-state index in [0.717, 1.165) is 23.5 Å². The summed E-state index contributed by atoms with van der Waals surface area (Å²) in [6.07, 6.45) is 2.12. The standard InChI is InChI=1S/C8H13Br2NO/c1-8(4-9,5-10)11-7(12)6-2-3-6/h6H,2-5H2,1H3,(H,11,12). The molecule has 1 saturated carbocycles. The highest BCUT2D eigenvalue weighted by Gasteiger charge is 2.33. The van der Waals surface area contributed by atoms with Crippen molar-refractivity contribution >= 4 is 37.8 Å². The SMILES string of the molecule is CC(CBr)(CBr)NC(=O)C1CC1. The van der Waals surface area contributed by atoms with Crippen molar-refractivity contribution in [1.82, 2.24) is 5.32 Å². The van der Waals surface area contributed by atoms with Crippen molar-refractivity contribution in [3.05, 3.63) is 0 Å². The van der Waals surface area contributed by atoms with Crippen LogP contribution in [0.1, 0.15) is 19.8 Å². The number of carbonyl (C=O) groups is 1. The number of hydrogen-bond donors (Lipinski definition) is 1. The van der Waals surface area contributed by atoms with E-state index in [4.69, 9.17) is 0 Å². The maximum Gasteiger partial charge on any atom is 0.223 e. The molecule has 0 aromatic rings. The lowest BCUT2D eigenvalue weighted by molar-refractivity contribution is -0.123. The molecule has 1 fully saturated rings. The molecule has 1 N–H and O–H groups in total. The maximum atomic E-state index is 11.4. The van der Waals surface area contributed by atoms with Crippen molar-refractivity contribution in [1.29, 1.82) is 0 Å². The monoisotopic (exact) mass is 297 g/mol. The van der Waals surface area contributed by atoms with E-state index in [1.165, 1.54) is 0 Å². The molecule has 0 atom stereocenters. The van der Waals surface area contributed by atoms with Crippen LogP contribution in [0.5, 0.6) is 0 Å². The molecule has 0 aromatic heterocycles. The minimum Gasteiger partial charge on any atom is -0.349 e. The zero-order valence-corrected chi connectivity index (χ0v) is 10.2. The van der Waals surface area contributed by atoms with E-state index in [1.54, 1.807) is 0 Å². The smallest absolute Gasteiger partial charge is 0.223 e. The van der Waals surface area contributed by atoms with E-state index in [-0.39, 0.29) is 11.4 Å². The average Bonchev–Trinajstić information content (AvgIpc) is 2.86. The summed E-state index contributed by atoms with van der Waals surface area (Å²) in [5.41, 5.74) is -0.139. The zero-order chi connectivity index (χ0) is 9.19. The summed E-state index contributed by atoms with van der Waals surface area (Å²) in [6, 6.07) is 0. The third-order valence-electron chi connectivity index (χ3n) is 1.96. The normalized spacial score (nSPS) is 17.6. The number of halogens is 2. The van der Waals surface area contributed by atoms with Crippen LogP contribution in [-0.2, 0) is 4.79 Å². The van der Waals surface area contributed by atoms with Crippen molar-refractivity contribution in [2.45, 2.75) is 25.3 Å². The summed E-state index contributed by atoms with van der Waals surface area (Å²) in [5, 5.41) is 4.58. The van der Waals surface area contributed by atoms with Gasteiger partial charge in [-0.15, -0.1) is 0 Å². The Hall–Kier alpha value is 0.430. The lowest BCUT2D eigenvalue weighted by Crippen LogP contribution is -2.49. The second-order valence-electron chi connectivity index (χ2n) is 3.59. The van der Waals surface area contributed by atoms with Crippen LogP contribution in [0.4, 0.5) is 0 Å². The van der Waals surface area contributed by atoms with Crippen molar-refractivity contribution in [3.63, 3.8) is 0 Å². The Labute approximate surface area is 89.7 Å². The molecule has 0 aromatic carbocycles. The van der Waals surface area contributed by atoms with Gasteiger partial charge in [0.1, 0.15) is 0 Å². The van der Waals surface area contributed by atoms with Crippen LogP contribution in [-0.4, -0.2) is 22.1 Å². The summed E-state index contributed by atoms with van der Waals surface area (Å²) >= 11 is 6.77. The van der Waals surface area contributed by atoms with Gasteiger partial charge in [-0.05, 0) is 19.8 Å². The predicted octanol–water partition coefficient (Wildman–Crippen LogP) is 2.06. The molecule has 0 heterocycles. The van der Waals surface area contributed by atoms with E-state index >= 15 is 0 Å². The van der Waals surface area contributed by atoms with Gasteiger partial charge < -0.3 is 5.32 Å². The minimum atomic E-state index is -0.139. The Kier molecular flexibility index (Phi) is 3.58. The minimum absolute atomic E-state index is 0.139. The van der Waals surface area contributed by atoms with Gasteiger partial charge in [-0.1, -0.05) is 31.9 Å². The third-order valence-corrected chi connectivity index (χ3v) is 4.44. The van der Waals surface area contributed by atoms with E-state index in [2.05, 4.69) is 37.2 Å². The first-order valence-electron chi connectivity index (χ1n) is 4.05. The first-order chi connectivity index (χ1) is 5.61. The van der Waals surface area contributed by atoms with E-state index < -0.39 is 0 Å². The second kappa shape index (κ2) is 4.09. The third kappa shape index (κ3) is 2.73. The predicted molar refractivity (Wildman–Crippen MR) is 56.9 cm³/mol. The molecule has 1 amide bonds. The first-order valence-corrected chi connectivity index (χ1v) is 6.29. The van der Waals surface area contributed by atoms with E-state index in [0.29, 0.717) is 5.92 Å². The number of hydrogen-bond acceptors (Lipinski definition) is 1. The van der Waals surface area contributed by atoms with Crippen LogP contribution in [0.15, 0.2) is 0 Å². The van der Waals surface area contributed by atoms with Crippen LogP contribution in [0, 0.1) is 5.92 Å². The molecule has 4 heteroatoms. The molecular weight excluding hydrogens is 286 g/mol. The molecule has 0 saturated heterocycles. The number of rotatable bonds is 4. The zero-order valence-electron chi connectivity index (χ0n) is 7.07. The number of amides is 1. The molecule has 0 spiro atoms. The van der Waals surface area contributed by atoms with Gasteiger partial charge in [-0.3, -0.25) is 4.79 Å². The first kappa shape index (κ1) is 10.5. The van der Waals surface area contributed by atoms with Gasteiger partial charge in [0.05, 0.1) is 5.54 Å². The fourth-order valence-electron chi connectivity index (χ4n) is 0.848. The largest absolute Gasteiger partial charge is 0.349 e. The fourth-order valence-corrected chi connectivity index (χ4v) is 2.06. The summed E-state index contributed by atoms with van der Waals surface area (Å²) in [5.74, 6) is 0.499. The van der Waals surface area contributed by atoms with Crippen LogP contribution in [0.2, 0.25) is 0 Å². The van der Waals surface area contributed by atoms with Gasteiger partial charge >= 0.3 is 0 Å². The summed E-state index contributed by atoms with van der Waals surface area (Å²) in [6.45, 7) is 2.02. The Bertz CT molecular complexity index is 176. The van der Waals surface area contributed by atoms with E-state index in [9.17, 15) is 4.79 Å². The van der Waals surface area contributed by atoms with Gasteiger partial charge in [0.2, 0.25) is 5.91 Å². The van der Waals surface area contributed by atoms with Crippen LogP contribution >= 0.6 is 31.9 Å². The number of carbonyl (C=O) groups excluding carboxylic acids is 1. The van der Waals surface area contributed by atoms with Crippen molar-refractivity contribution in [2.75, 3.05) is 10.7 Å². The molecular formula is C8H13Br2NO. The molecule has 1 aliphatic rings. The van der Waals surface area contributed by atoms with E-state index in [1.807, 2.05) is 6.92 Å². The topological polar surface area (TPSA) is 29.1 Å². The molecule has 0 radical (unpaired) electrons. The van der Waals surface area contributed by atoms with Crippen LogP contribution in [0.3, 0.4) is 0 Å². The molecule has 0 bridgehead atoms. The van der Waals surface area contributed by atoms with Crippen molar-refractivity contribution in [3.8, 4) is 0 Å². The fraction of sp³-hybridized carbons (Fsp3) is 0.875. The second-order valence-corrected chi connectivity index (χ2v) is 4.71. The Morgan fingerprint density at radius 3 is 2.33 bits per heavy atom. The summed E-state index contributed by atoms with van der Waals surface area (Å²) in [4.78, 5) is 11.4.